The quantitative estimate of drug-likeness (QED) is 0.385. The summed E-state index contributed by atoms with van der Waals surface area (Å²) in [6.07, 6.45) is 8.68. The molecule has 170 valence electrons. The van der Waals surface area contributed by atoms with Crippen LogP contribution in [0.15, 0.2) is 12.5 Å². The first-order valence-corrected chi connectivity index (χ1v) is 12.7. The molecule has 0 radical (unpaired) electrons. The number of aryl methyl sites for hydroxylation is 1. The Kier molecular flexibility index (Phi) is 5.58. The molecule has 0 aromatic carbocycles. The van der Waals surface area contributed by atoms with Crippen LogP contribution in [0.5, 0.6) is 0 Å². The van der Waals surface area contributed by atoms with Crippen LogP contribution in [-0.4, -0.2) is 36.6 Å². The number of nitrogens with one attached hydrogen (secondary N) is 2. The van der Waals surface area contributed by atoms with Crippen molar-refractivity contribution >= 4 is 27.3 Å². The van der Waals surface area contributed by atoms with Gasteiger partial charge in [-0.25, -0.2) is 14.5 Å². The lowest BCUT2D eigenvalue weighted by Crippen LogP contribution is -2.37. The Morgan fingerprint density at radius 3 is 2.53 bits per heavy atom. The van der Waals surface area contributed by atoms with Crippen LogP contribution in [0.4, 0.5) is 0 Å². The highest BCUT2D eigenvalue weighted by Gasteiger charge is 2.28. The summed E-state index contributed by atoms with van der Waals surface area (Å²) in [6.45, 7) is 13.3. The largest absolute Gasteiger partial charge is 0.345 e. The minimum absolute atomic E-state index is 0.380. The molecule has 0 amide bonds. The van der Waals surface area contributed by atoms with E-state index in [1.807, 2.05) is 15.9 Å². The van der Waals surface area contributed by atoms with Gasteiger partial charge in [-0.2, -0.15) is 5.10 Å². The van der Waals surface area contributed by atoms with E-state index in [1.54, 1.807) is 6.33 Å². The molecule has 1 aliphatic carbocycles. The predicted octanol–water partition coefficient (Wildman–Crippen LogP) is 6.10. The van der Waals surface area contributed by atoms with Crippen molar-refractivity contribution in [3.63, 3.8) is 0 Å². The Bertz CT molecular complexity index is 1250. The molecule has 4 heterocycles. The van der Waals surface area contributed by atoms with E-state index in [0.29, 0.717) is 23.9 Å². The third-order valence-electron chi connectivity index (χ3n) is 7.03. The molecule has 6 nitrogen and oxygen atoms in total. The molecule has 0 unspecified atom stereocenters. The molecule has 5 rings (SSSR count). The minimum Gasteiger partial charge on any atom is -0.345 e. The van der Waals surface area contributed by atoms with Gasteiger partial charge in [0.25, 0.3) is 0 Å². The predicted molar refractivity (Wildman–Crippen MR) is 133 cm³/mol. The lowest BCUT2D eigenvalue weighted by molar-refractivity contribution is 0.326. The number of aromatic amines is 1. The van der Waals surface area contributed by atoms with E-state index < -0.39 is 0 Å². The molecule has 1 aliphatic rings. The standard InChI is InChI=1S/C25H34N6S/c1-13(2)20-21(19-11-31-23(26-12-27-31)16(6)15(19)5)29-25-22(20)30-24(32-25)17-7-9-18(10-8-17)28-14(3)4/h11-14,17-18,28-29H,7-10H2,1-6H3. The van der Waals surface area contributed by atoms with Crippen LogP contribution in [0.25, 0.3) is 27.3 Å². The van der Waals surface area contributed by atoms with Crippen molar-refractivity contribution < 1.29 is 0 Å². The van der Waals surface area contributed by atoms with Crippen molar-refractivity contribution in [2.75, 3.05) is 0 Å². The maximum absolute atomic E-state index is 5.23. The van der Waals surface area contributed by atoms with Crippen LogP contribution in [0, 0.1) is 13.8 Å². The summed E-state index contributed by atoms with van der Waals surface area (Å²) in [5.74, 6) is 0.968. The van der Waals surface area contributed by atoms with Crippen LogP contribution in [-0.2, 0) is 0 Å². The molecule has 0 saturated heterocycles. The summed E-state index contributed by atoms with van der Waals surface area (Å²) >= 11 is 1.86. The van der Waals surface area contributed by atoms with E-state index in [4.69, 9.17) is 4.98 Å². The zero-order chi connectivity index (χ0) is 22.6. The Labute approximate surface area is 193 Å². The highest BCUT2D eigenvalue weighted by molar-refractivity contribution is 7.18. The molecule has 0 aliphatic heterocycles. The lowest BCUT2D eigenvalue weighted by atomic mass is 9.86. The fourth-order valence-electron chi connectivity index (χ4n) is 5.28. The van der Waals surface area contributed by atoms with Gasteiger partial charge in [0.1, 0.15) is 16.7 Å². The summed E-state index contributed by atoms with van der Waals surface area (Å²) in [4.78, 5) is 14.6. The van der Waals surface area contributed by atoms with E-state index in [9.17, 15) is 0 Å². The molecule has 0 bridgehead atoms. The molecule has 1 saturated carbocycles. The number of thiazole rings is 1. The third-order valence-corrected chi connectivity index (χ3v) is 8.16. The SMILES string of the molecule is Cc1c(-c2[nH]c3sc(C4CCC(NC(C)C)CC4)nc3c2C(C)C)cn2ncnc2c1C. The summed E-state index contributed by atoms with van der Waals surface area (Å²) in [7, 11) is 0. The van der Waals surface area contributed by atoms with E-state index in [1.165, 1.54) is 63.5 Å². The molecular weight excluding hydrogens is 416 g/mol. The minimum atomic E-state index is 0.380. The third kappa shape index (κ3) is 3.65. The normalized spacial score (nSPS) is 19.8. The number of fused-ring (bicyclic) bond motifs is 2. The van der Waals surface area contributed by atoms with E-state index in [-0.39, 0.29) is 0 Å². The Hall–Kier alpha value is -2.25. The Balaban J connectivity index is 1.51. The zero-order valence-corrected chi connectivity index (χ0v) is 20.8. The number of aromatic nitrogens is 5. The smallest absolute Gasteiger partial charge is 0.158 e. The van der Waals surface area contributed by atoms with Crippen molar-refractivity contribution in [1.29, 1.82) is 0 Å². The van der Waals surface area contributed by atoms with Gasteiger partial charge in [-0.3, -0.25) is 0 Å². The lowest BCUT2D eigenvalue weighted by Gasteiger charge is -2.29. The molecule has 2 N–H and O–H groups in total. The first-order valence-electron chi connectivity index (χ1n) is 11.9. The number of hydrogen-bond donors (Lipinski definition) is 2. The molecule has 4 aromatic rings. The number of H-pyrrole nitrogens is 1. The Morgan fingerprint density at radius 2 is 1.84 bits per heavy atom. The zero-order valence-electron chi connectivity index (χ0n) is 20.0. The average molecular weight is 451 g/mol. The van der Waals surface area contributed by atoms with Crippen molar-refractivity contribution in [3.8, 4) is 11.3 Å². The average Bonchev–Trinajstić information content (AvgIpc) is 3.44. The van der Waals surface area contributed by atoms with E-state index in [2.05, 4.69) is 68.1 Å². The van der Waals surface area contributed by atoms with Gasteiger partial charge in [-0.15, -0.1) is 11.3 Å². The van der Waals surface area contributed by atoms with Gasteiger partial charge >= 0.3 is 0 Å². The number of nitrogens with zero attached hydrogens (tertiary/aromatic N) is 4. The molecule has 7 heteroatoms. The van der Waals surface area contributed by atoms with Gasteiger partial charge in [0.2, 0.25) is 0 Å². The monoisotopic (exact) mass is 450 g/mol. The maximum atomic E-state index is 5.23. The molecule has 0 atom stereocenters. The summed E-state index contributed by atoms with van der Waals surface area (Å²) in [5, 5.41) is 9.41. The highest BCUT2D eigenvalue weighted by atomic mass is 32.1. The molecular formula is C25H34N6S. The van der Waals surface area contributed by atoms with Crippen LogP contribution < -0.4 is 5.32 Å². The summed E-state index contributed by atoms with van der Waals surface area (Å²) < 4.78 is 1.89. The maximum Gasteiger partial charge on any atom is 0.158 e. The number of hydrogen-bond acceptors (Lipinski definition) is 5. The van der Waals surface area contributed by atoms with Crippen LogP contribution in [0.2, 0.25) is 0 Å². The van der Waals surface area contributed by atoms with Crippen molar-refractivity contribution in [2.45, 2.75) is 91.1 Å². The second-order valence-corrected chi connectivity index (χ2v) is 11.0. The highest BCUT2D eigenvalue weighted by Crippen LogP contribution is 2.42. The molecule has 0 spiro atoms. The first-order chi connectivity index (χ1) is 15.3. The first kappa shape index (κ1) is 21.6. The van der Waals surface area contributed by atoms with Crippen LogP contribution >= 0.6 is 11.3 Å². The van der Waals surface area contributed by atoms with Gasteiger partial charge in [0.15, 0.2) is 5.65 Å². The molecule has 4 aromatic heterocycles. The fourth-order valence-corrected chi connectivity index (χ4v) is 6.44. The second-order valence-electron chi connectivity index (χ2n) is 9.99. The molecule has 1 fully saturated rings. The summed E-state index contributed by atoms with van der Waals surface area (Å²) in [6, 6.07) is 1.22. The Morgan fingerprint density at radius 1 is 1.09 bits per heavy atom. The van der Waals surface area contributed by atoms with E-state index in [0.717, 1.165) is 11.2 Å². The van der Waals surface area contributed by atoms with Gasteiger partial charge in [-0.05, 0) is 56.6 Å². The van der Waals surface area contributed by atoms with Crippen LogP contribution in [0.3, 0.4) is 0 Å². The number of rotatable bonds is 5. The topological polar surface area (TPSA) is 70.9 Å². The number of pyridine rings is 1. The van der Waals surface area contributed by atoms with Gasteiger partial charge in [0, 0.05) is 35.3 Å². The fraction of sp³-hybridized carbons (Fsp3) is 0.560. The van der Waals surface area contributed by atoms with Gasteiger partial charge in [-0.1, -0.05) is 27.7 Å². The van der Waals surface area contributed by atoms with Crippen molar-refractivity contribution in [1.82, 2.24) is 29.9 Å². The van der Waals surface area contributed by atoms with Crippen molar-refractivity contribution in [3.05, 3.63) is 34.2 Å². The van der Waals surface area contributed by atoms with E-state index >= 15 is 0 Å². The summed E-state index contributed by atoms with van der Waals surface area (Å²) in [5.41, 5.74) is 8.20. The van der Waals surface area contributed by atoms with Gasteiger partial charge in [0.05, 0.1) is 10.7 Å². The van der Waals surface area contributed by atoms with Crippen LogP contribution in [0.1, 0.15) is 86.9 Å². The van der Waals surface area contributed by atoms with Gasteiger partial charge < -0.3 is 10.3 Å². The van der Waals surface area contributed by atoms with Crippen molar-refractivity contribution in [2.24, 2.45) is 0 Å². The molecule has 32 heavy (non-hydrogen) atoms. The second kappa shape index (κ2) is 8.27.